The topological polar surface area (TPSA) is 85.7 Å². The van der Waals surface area contributed by atoms with E-state index in [-0.39, 0.29) is 5.91 Å². The molecule has 164 valence electrons. The van der Waals surface area contributed by atoms with Gasteiger partial charge in [0.15, 0.2) is 11.5 Å². The number of fused-ring (bicyclic) bond motifs is 4. The lowest BCUT2D eigenvalue weighted by Gasteiger charge is -2.36. The van der Waals surface area contributed by atoms with Crippen LogP contribution in [0.25, 0.3) is 16.6 Å². The zero-order chi connectivity index (χ0) is 21.7. The van der Waals surface area contributed by atoms with Crippen molar-refractivity contribution in [1.82, 2.24) is 34.6 Å². The Labute approximate surface area is 185 Å². The summed E-state index contributed by atoms with van der Waals surface area (Å²) in [5.74, 6) is 1.93. The second-order valence-electron chi connectivity index (χ2n) is 8.66. The van der Waals surface area contributed by atoms with Crippen LogP contribution in [0.5, 0.6) is 0 Å². The third-order valence-corrected chi connectivity index (χ3v) is 6.70. The van der Waals surface area contributed by atoms with Crippen molar-refractivity contribution < 1.29 is 4.79 Å². The monoisotopic (exact) mass is 430 g/mol. The number of aromatic amines is 1. The molecule has 6 rings (SSSR count). The number of piperazine rings is 1. The molecule has 0 unspecified atom stereocenters. The zero-order valence-corrected chi connectivity index (χ0v) is 18.2. The van der Waals surface area contributed by atoms with E-state index < -0.39 is 0 Å². The van der Waals surface area contributed by atoms with Gasteiger partial charge in [0.2, 0.25) is 5.91 Å². The van der Waals surface area contributed by atoms with Crippen molar-refractivity contribution in [2.45, 2.75) is 19.9 Å². The Morgan fingerprint density at radius 3 is 2.75 bits per heavy atom. The Kier molecular flexibility index (Phi) is 4.57. The predicted octanol–water partition coefficient (Wildman–Crippen LogP) is 1.62. The van der Waals surface area contributed by atoms with Crippen LogP contribution < -0.4 is 4.90 Å². The van der Waals surface area contributed by atoms with Gasteiger partial charge in [-0.15, -0.1) is 15.3 Å². The highest BCUT2D eigenvalue weighted by molar-refractivity contribution is 5.86. The maximum Gasteiger partial charge on any atom is 0.237 e. The first-order valence-corrected chi connectivity index (χ1v) is 11.2. The van der Waals surface area contributed by atoms with Crippen LogP contribution in [0, 0.1) is 6.92 Å². The minimum atomic E-state index is 0.217. The van der Waals surface area contributed by atoms with E-state index in [1.165, 1.54) is 16.6 Å². The van der Waals surface area contributed by atoms with Crippen LogP contribution in [0.4, 0.5) is 5.82 Å². The van der Waals surface area contributed by atoms with Gasteiger partial charge in [-0.2, -0.15) is 4.52 Å². The minimum absolute atomic E-state index is 0.217. The molecule has 2 aliphatic rings. The largest absolute Gasteiger partial charge is 0.358 e. The summed E-state index contributed by atoms with van der Waals surface area (Å²) in [5.41, 5.74) is 4.47. The number of rotatable bonds is 3. The molecule has 1 saturated heterocycles. The summed E-state index contributed by atoms with van der Waals surface area (Å²) in [7, 11) is 0. The van der Waals surface area contributed by atoms with Crippen molar-refractivity contribution in [2.75, 3.05) is 44.2 Å². The average molecular weight is 431 g/mol. The molecule has 3 aromatic heterocycles. The smallest absolute Gasteiger partial charge is 0.237 e. The predicted molar refractivity (Wildman–Crippen MR) is 122 cm³/mol. The fraction of sp³-hybridized carbons (Fsp3) is 0.391. The molecule has 0 aliphatic carbocycles. The zero-order valence-electron chi connectivity index (χ0n) is 18.2. The Morgan fingerprint density at radius 1 is 1.03 bits per heavy atom. The quantitative estimate of drug-likeness (QED) is 0.532. The Morgan fingerprint density at radius 2 is 1.88 bits per heavy atom. The maximum atomic E-state index is 13.1. The number of H-pyrrole nitrogens is 1. The summed E-state index contributed by atoms with van der Waals surface area (Å²) in [6.07, 6.45) is 0.889. The van der Waals surface area contributed by atoms with Crippen LogP contribution in [0.1, 0.15) is 17.1 Å². The molecular formula is C23H26N8O. The molecule has 1 N–H and O–H groups in total. The van der Waals surface area contributed by atoms with Crippen LogP contribution in [0.2, 0.25) is 0 Å². The van der Waals surface area contributed by atoms with Gasteiger partial charge in [-0.1, -0.05) is 18.2 Å². The Balaban J connectivity index is 1.08. The highest BCUT2D eigenvalue weighted by Crippen LogP contribution is 2.27. The Hall–Kier alpha value is -3.46. The number of amides is 1. The van der Waals surface area contributed by atoms with Crippen LogP contribution in [0.3, 0.4) is 0 Å². The molecule has 0 spiro atoms. The van der Waals surface area contributed by atoms with Crippen molar-refractivity contribution in [1.29, 1.82) is 0 Å². The van der Waals surface area contributed by atoms with E-state index in [2.05, 4.69) is 48.3 Å². The van der Waals surface area contributed by atoms with E-state index in [4.69, 9.17) is 0 Å². The molecular weight excluding hydrogens is 404 g/mol. The van der Waals surface area contributed by atoms with Crippen LogP contribution in [0.15, 0.2) is 36.4 Å². The number of hydrogen-bond acceptors (Lipinski definition) is 6. The standard InChI is InChI=1S/C23H26N8O/c1-16-25-26-21-6-7-22(27-31(16)21)29-12-10-28(11-13-29)15-23(32)30-9-8-20-18(14-30)17-4-2-3-5-19(17)24-20/h2-7,24H,8-15H2,1H3. The van der Waals surface area contributed by atoms with Crippen molar-refractivity contribution >= 4 is 28.3 Å². The molecule has 1 aromatic carbocycles. The Bertz CT molecular complexity index is 1300. The molecule has 5 heterocycles. The molecule has 4 aromatic rings. The second-order valence-corrected chi connectivity index (χ2v) is 8.66. The minimum Gasteiger partial charge on any atom is -0.358 e. The molecule has 1 amide bonds. The van der Waals surface area contributed by atoms with Gasteiger partial charge in [0.05, 0.1) is 6.54 Å². The maximum absolute atomic E-state index is 13.1. The number of benzene rings is 1. The van der Waals surface area contributed by atoms with Crippen LogP contribution in [-0.2, 0) is 17.8 Å². The summed E-state index contributed by atoms with van der Waals surface area (Å²) in [4.78, 5) is 23.1. The molecule has 0 atom stereocenters. The van der Waals surface area contributed by atoms with Crippen molar-refractivity contribution in [3.63, 3.8) is 0 Å². The third kappa shape index (κ3) is 3.29. The van der Waals surface area contributed by atoms with Gasteiger partial charge in [-0.3, -0.25) is 9.69 Å². The molecule has 2 aliphatic heterocycles. The molecule has 0 bridgehead atoms. The summed E-state index contributed by atoms with van der Waals surface area (Å²) in [6.45, 7) is 7.24. The summed E-state index contributed by atoms with van der Waals surface area (Å²) in [6, 6.07) is 12.3. The van der Waals surface area contributed by atoms with Crippen molar-refractivity contribution in [3.05, 3.63) is 53.5 Å². The number of anilines is 1. The van der Waals surface area contributed by atoms with Gasteiger partial charge in [0, 0.05) is 67.8 Å². The number of para-hydroxylation sites is 1. The number of aromatic nitrogens is 5. The van der Waals surface area contributed by atoms with E-state index in [1.807, 2.05) is 30.0 Å². The summed E-state index contributed by atoms with van der Waals surface area (Å²) in [5, 5.41) is 14.1. The molecule has 9 nitrogen and oxygen atoms in total. The molecule has 9 heteroatoms. The fourth-order valence-electron chi connectivity index (χ4n) is 4.86. The second kappa shape index (κ2) is 7.59. The van der Waals surface area contributed by atoms with Crippen molar-refractivity contribution in [3.8, 4) is 0 Å². The normalized spacial score (nSPS) is 17.3. The summed E-state index contributed by atoms with van der Waals surface area (Å²) >= 11 is 0. The van der Waals surface area contributed by atoms with E-state index >= 15 is 0 Å². The van der Waals surface area contributed by atoms with Gasteiger partial charge in [-0.05, 0) is 25.1 Å². The molecule has 1 fully saturated rings. The van der Waals surface area contributed by atoms with Crippen molar-refractivity contribution in [2.24, 2.45) is 0 Å². The third-order valence-electron chi connectivity index (χ3n) is 6.70. The van der Waals surface area contributed by atoms with Gasteiger partial charge in [0.1, 0.15) is 5.82 Å². The highest BCUT2D eigenvalue weighted by Gasteiger charge is 2.27. The first-order valence-electron chi connectivity index (χ1n) is 11.2. The van der Waals surface area contributed by atoms with E-state index in [9.17, 15) is 4.79 Å². The lowest BCUT2D eigenvalue weighted by Crippen LogP contribution is -2.50. The van der Waals surface area contributed by atoms with Gasteiger partial charge in [-0.25, -0.2) is 0 Å². The van der Waals surface area contributed by atoms with Crippen LogP contribution >= 0.6 is 0 Å². The van der Waals surface area contributed by atoms with Gasteiger partial charge in [0.25, 0.3) is 0 Å². The molecule has 0 radical (unpaired) electrons. The average Bonchev–Trinajstić information content (AvgIpc) is 3.39. The lowest BCUT2D eigenvalue weighted by atomic mass is 10.0. The van der Waals surface area contributed by atoms with Crippen LogP contribution in [-0.4, -0.2) is 79.8 Å². The number of carbonyl (C=O) groups excluding carboxylic acids is 1. The van der Waals surface area contributed by atoms with Gasteiger partial charge < -0.3 is 14.8 Å². The first-order chi connectivity index (χ1) is 15.7. The number of nitrogens with zero attached hydrogens (tertiary/aromatic N) is 7. The highest BCUT2D eigenvalue weighted by atomic mass is 16.2. The summed E-state index contributed by atoms with van der Waals surface area (Å²) < 4.78 is 1.78. The SMILES string of the molecule is Cc1nnc2ccc(N3CCN(CC(=O)N4CCc5[nH]c6ccccc6c5C4)CC3)nn12. The van der Waals surface area contributed by atoms with E-state index in [1.54, 1.807) is 4.52 Å². The fourth-order valence-corrected chi connectivity index (χ4v) is 4.86. The lowest BCUT2D eigenvalue weighted by molar-refractivity contribution is -0.133. The number of nitrogens with one attached hydrogen (secondary N) is 1. The molecule has 32 heavy (non-hydrogen) atoms. The molecule has 0 saturated carbocycles. The van der Waals surface area contributed by atoms with Gasteiger partial charge >= 0.3 is 0 Å². The van der Waals surface area contributed by atoms with E-state index in [0.29, 0.717) is 13.1 Å². The first kappa shape index (κ1) is 19.2. The van der Waals surface area contributed by atoms with E-state index in [0.717, 1.165) is 62.0 Å². The number of carbonyl (C=O) groups is 1. The number of aryl methyl sites for hydroxylation is 1. The number of hydrogen-bond donors (Lipinski definition) is 1.